The number of hydrogen-bond acceptors (Lipinski definition) is 4. The fraction of sp³-hybridized carbons (Fsp3) is 0.500. The number of aliphatic hydroxyl groups is 2. The van der Waals surface area contributed by atoms with E-state index in [1.807, 2.05) is 0 Å². The second-order valence-electron chi connectivity index (χ2n) is 3.74. The van der Waals surface area contributed by atoms with Crippen LogP contribution in [0.5, 0.6) is 0 Å². The van der Waals surface area contributed by atoms with Crippen LogP contribution < -0.4 is 0 Å². The summed E-state index contributed by atoms with van der Waals surface area (Å²) in [6.45, 7) is 2.05. The first-order valence-electron chi connectivity index (χ1n) is 4.79. The van der Waals surface area contributed by atoms with E-state index in [4.69, 9.17) is 4.42 Å². The monoisotopic (exact) mass is 211 g/mol. The third-order valence-electron chi connectivity index (χ3n) is 2.64. The lowest BCUT2D eigenvalue weighted by Crippen LogP contribution is -2.29. The van der Waals surface area contributed by atoms with Gasteiger partial charge in [0.15, 0.2) is 0 Å². The van der Waals surface area contributed by atoms with Gasteiger partial charge in [-0.3, -0.25) is 4.79 Å². The van der Waals surface area contributed by atoms with Crippen LogP contribution in [-0.4, -0.2) is 46.3 Å². The molecule has 15 heavy (non-hydrogen) atoms. The predicted molar refractivity (Wildman–Crippen MR) is 51.4 cm³/mol. The molecule has 1 aliphatic rings. The van der Waals surface area contributed by atoms with Crippen molar-refractivity contribution in [2.45, 2.75) is 19.1 Å². The summed E-state index contributed by atoms with van der Waals surface area (Å²) in [7, 11) is 0. The predicted octanol–water partition coefficient (Wildman–Crippen LogP) is -0.234. The normalized spacial score (nSPS) is 25.9. The summed E-state index contributed by atoms with van der Waals surface area (Å²) in [6.07, 6.45) is -0.242. The molecule has 0 aromatic carbocycles. The van der Waals surface area contributed by atoms with Crippen molar-refractivity contribution in [3.05, 3.63) is 23.7 Å². The molecule has 1 saturated heterocycles. The number of β-amino-alcohol motifs (C(OH)–C–C–N with tert-alkyl or cyclic N) is 2. The molecule has 0 aliphatic carbocycles. The third kappa shape index (κ3) is 1.75. The number of hydrogen-bond donors (Lipinski definition) is 2. The van der Waals surface area contributed by atoms with Gasteiger partial charge in [-0.1, -0.05) is 0 Å². The van der Waals surface area contributed by atoms with E-state index in [9.17, 15) is 15.0 Å². The molecule has 1 fully saturated rings. The highest BCUT2D eigenvalue weighted by Crippen LogP contribution is 2.17. The minimum atomic E-state index is -0.846. The largest absolute Gasteiger partial charge is 0.469 e. The number of rotatable bonds is 1. The lowest BCUT2D eigenvalue weighted by Gasteiger charge is -2.14. The van der Waals surface area contributed by atoms with Gasteiger partial charge in [0.05, 0.1) is 24.0 Å². The smallest absolute Gasteiger partial charge is 0.257 e. The van der Waals surface area contributed by atoms with Gasteiger partial charge in [-0.15, -0.1) is 0 Å². The summed E-state index contributed by atoms with van der Waals surface area (Å²) in [5, 5.41) is 18.6. The molecule has 1 aromatic heterocycles. The molecule has 5 nitrogen and oxygen atoms in total. The van der Waals surface area contributed by atoms with Crippen molar-refractivity contribution >= 4 is 5.91 Å². The van der Waals surface area contributed by atoms with E-state index in [2.05, 4.69) is 0 Å². The lowest BCUT2D eigenvalue weighted by atomic mass is 10.2. The Morgan fingerprint density at radius 1 is 1.47 bits per heavy atom. The van der Waals surface area contributed by atoms with E-state index in [1.165, 1.54) is 11.2 Å². The molecule has 0 spiro atoms. The van der Waals surface area contributed by atoms with Crippen LogP contribution >= 0.6 is 0 Å². The highest BCUT2D eigenvalue weighted by atomic mass is 16.3. The highest BCUT2D eigenvalue weighted by Gasteiger charge is 2.33. The molecule has 2 N–H and O–H groups in total. The van der Waals surface area contributed by atoms with Crippen LogP contribution in [0.25, 0.3) is 0 Å². The summed E-state index contributed by atoms with van der Waals surface area (Å²) in [4.78, 5) is 13.3. The van der Waals surface area contributed by atoms with Crippen LogP contribution in [0.3, 0.4) is 0 Å². The van der Waals surface area contributed by atoms with Crippen LogP contribution in [0.15, 0.2) is 16.7 Å². The zero-order valence-corrected chi connectivity index (χ0v) is 8.38. The molecule has 2 heterocycles. The maximum Gasteiger partial charge on any atom is 0.257 e. The Balaban J connectivity index is 2.13. The number of aryl methyl sites for hydroxylation is 1. The molecule has 0 unspecified atom stereocenters. The average molecular weight is 211 g/mol. The zero-order chi connectivity index (χ0) is 11.0. The van der Waals surface area contributed by atoms with Crippen LogP contribution in [0, 0.1) is 6.92 Å². The van der Waals surface area contributed by atoms with Gasteiger partial charge in [0, 0.05) is 13.1 Å². The van der Waals surface area contributed by atoms with E-state index in [-0.39, 0.29) is 19.0 Å². The summed E-state index contributed by atoms with van der Waals surface area (Å²) >= 11 is 0. The van der Waals surface area contributed by atoms with Crippen molar-refractivity contribution in [3.8, 4) is 0 Å². The summed E-state index contributed by atoms with van der Waals surface area (Å²) in [6, 6.07) is 1.59. The molecule has 2 atom stereocenters. The topological polar surface area (TPSA) is 73.9 Å². The van der Waals surface area contributed by atoms with Crippen LogP contribution in [0.4, 0.5) is 0 Å². The number of furan rings is 1. The Morgan fingerprint density at radius 2 is 2.07 bits per heavy atom. The molecule has 5 heteroatoms. The molecule has 1 amide bonds. The van der Waals surface area contributed by atoms with Crippen molar-refractivity contribution in [1.82, 2.24) is 4.90 Å². The van der Waals surface area contributed by atoms with Crippen LogP contribution in [0.1, 0.15) is 16.1 Å². The average Bonchev–Trinajstić information content (AvgIpc) is 2.74. The third-order valence-corrected chi connectivity index (χ3v) is 2.64. The van der Waals surface area contributed by atoms with Crippen LogP contribution in [0.2, 0.25) is 0 Å². The molecule has 1 aromatic rings. The fourth-order valence-corrected chi connectivity index (χ4v) is 1.71. The Morgan fingerprint density at radius 3 is 2.53 bits per heavy atom. The number of nitrogens with zero attached hydrogens (tertiary/aromatic N) is 1. The molecule has 82 valence electrons. The van der Waals surface area contributed by atoms with Gasteiger partial charge in [0.1, 0.15) is 5.76 Å². The van der Waals surface area contributed by atoms with Crippen molar-refractivity contribution in [3.63, 3.8) is 0 Å². The summed E-state index contributed by atoms with van der Waals surface area (Å²) < 4.78 is 5.03. The van der Waals surface area contributed by atoms with E-state index in [1.54, 1.807) is 13.0 Å². The molecule has 1 aliphatic heterocycles. The molecule has 0 saturated carbocycles. The van der Waals surface area contributed by atoms with Gasteiger partial charge in [-0.25, -0.2) is 0 Å². The zero-order valence-electron chi connectivity index (χ0n) is 8.38. The Kier molecular flexibility index (Phi) is 2.50. The van der Waals surface area contributed by atoms with Gasteiger partial charge in [-0.2, -0.15) is 0 Å². The number of carbonyl (C=O) groups is 1. The van der Waals surface area contributed by atoms with Crippen molar-refractivity contribution in [2.24, 2.45) is 0 Å². The molecule has 0 bridgehead atoms. The number of aliphatic hydroxyl groups excluding tert-OH is 2. The van der Waals surface area contributed by atoms with E-state index in [0.29, 0.717) is 11.3 Å². The quantitative estimate of drug-likeness (QED) is 0.672. The number of likely N-dealkylation sites (tertiary alicyclic amines) is 1. The first-order valence-corrected chi connectivity index (χ1v) is 4.79. The van der Waals surface area contributed by atoms with Gasteiger partial charge < -0.3 is 19.5 Å². The van der Waals surface area contributed by atoms with Crippen molar-refractivity contribution in [2.75, 3.05) is 13.1 Å². The minimum Gasteiger partial charge on any atom is -0.469 e. The second kappa shape index (κ2) is 3.67. The van der Waals surface area contributed by atoms with Gasteiger partial charge in [0.2, 0.25) is 0 Å². The summed E-state index contributed by atoms with van der Waals surface area (Å²) in [5.74, 6) is 0.340. The van der Waals surface area contributed by atoms with E-state index < -0.39 is 12.2 Å². The van der Waals surface area contributed by atoms with Crippen molar-refractivity contribution in [1.29, 1.82) is 0 Å². The molecular formula is C10H13NO4. The second-order valence-corrected chi connectivity index (χ2v) is 3.74. The standard InChI is InChI=1S/C10H13NO4/c1-6-7(2-3-15-6)10(14)11-4-8(12)9(13)5-11/h2-3,8-9,12-13H,4-5H2,1H3/t8-,9+. The maximum atomic E-state index is 11.9. The Bertz CT molecular complexity index is 363. The van der Waals surface area contributed by atoms with Gasteiger partial charge in [0.25, 0.3) is 5.91 Å². The van der Waals surface area contributed by atoms with E-state index >= 15 is 0 Å². The first kappa shape index (κ1) is 10.2. The SMILES string of the molecule is Cc1occc1C(=O)N1C[C@@H](O)[C@@H](O)C1. The Hall–Kier alpha value is -1.33. The Labute approximate surface area is 86.9 Å². The van der Waals surface area contributed by atoms with Crippen molar-refractivity contribution < 1.29 is 19.4 Å². The maximum absolute atomic E-state index is 11.9. The molecular weight excluding hydrogens is 198 g/mol. The van der Waals surface area contributed by atoms with Gasteiger partial charge >= 0.3 is 0 Å². The number of amides is 1. The first-order chi connectivity index (χ1) is 7.09. The highest BCUT2D eigenvalue weighted by molar-refractivity contribution is 5.95. The molecule has 0 radical (unpaired) electrons. The number of carbonyl (C=O) groups excluding carboxylic acids is 1. The summed E-state index contributed by atoms with van der Waals surface area (Å²) in [5.41, 5.74) is 0.483. The van der Waals surface area contributed by atoms with Gasteiger partial charge in [-0.05, 0) is 13.0 Å². The fourth-order valence-electron chi connectivity index (χ4n) is 1.71. The van der Waals surface area contributed by atoms with Crippen LogP contribution in [-0.2, 0) is 0 Å². The van der Waals surface area contributed by atoms with E-state index in [0.717, 1.165) is 0 Å². The lowest BCUT2D eigenvalue weighted by molar-refractivity contribution is 0.0572. The minimum absolute atomic E-state index is 0.171. The molecule has 2 rings (SSSR count).